The van der Waals surface area contributed by atoms with Gasteiger partial charge in [-0.25, -0.2) is 9.97 Å². The Balaban J connectivity index is 0.00000144. The number of hydrogen-bond donors (Lipinski definition) is 2. The number of carbonyl (C=O) groups is 1. The number of anilines is 1. The molecule has 1 atom stereocenters. The smallest absolute Gasteiger partial charge is 0.241 e. The van der Waals surface area contributed by atoms with Crippen LogP contribution in [0.15, 0.2) is 12.4 Å². The highest BCUT2D eigenvalue weighted by atomic mass is 35.5. The van der Waals surface area contributed by atoms with Gasteiger partial charge in [0.25, 0.3) is 0 Å². The molecule has 0 radical (unpaired) electrons. The molecule has 6 heteroatoms. The number of aromatic nitrogens is 2. The van der Waals surface area contributed by atoms with Gasteiger partial charge in [0, 0.05) is 6.42 Å². The van der Waals surface area contributed by atoms with Gasteiger partial charge in [0.05, 0.1) is 24.1 Å². The number of nitrogens with zero attached hydrogens (tertiary/aromatic N) is 2. The van der Waals surface area contributed by atoms with Crippen molar-refractivity contribution in [2.24, 2.45) is 0 Å². The van der Waals surface area contributed by atoms with Crippen molar-refractivity contribution in [3.63, 3.8) is 0 Å². The lowest BCUT2D eigenvalue weighted by Gasteiger charge is -2.10. The molecule has 0 saturated carbocycles. The van der Waals surface area contributed by atoms with Gasteiger partial charge in [-0.1, -0.05) is 6.92 Å². The average molecular weight is 257 g/mol. The first-order valence-corrected chi connectivity index (χ1v) is 5.64. The van der Waals surface area contributed by atoms with E-state index in [1.54, 1.807) is 12.4 Å². The molecular formula is C11H17ClN4O. The van der Waals surface area contributed by atoms with Crippen LogP contribution in [0.1, 0.15) is 25.6 Å². The molecule has 1 aliphatic rings. The van der Waals surface area contributed by atoms with Gasteiger partial charge in [-0.05, 0) is 19.4 Å². The number of nitrogens with one attached hydrogen (secondary N) is 2. The van der Waals surface area contributed by atoms with Crippen molar-refractivity contribution in [3.05, 3.63) is 18.2 Å². The first-order valence-electron chi connectivity index (χ1n) is 5.64. The zero-order valence-corrected chi connectivity index (χ0v) is 10.6. The number of hydrogen-bond acceptors (Lipinski definition) is 4. The van der Waals surface area contributed by atoms with Crippen LogP contribution in [0.2, 0.25) is 0 Å². The first kappa shape index (κ1) is 13.9. The lowest BCUT2D eigenvalue weighted by Crippen LogP contribution is -2.35. The van der Waals surface area contributed by atoms with Crippen molar-refractivity contribution in [3.8, 4) is 0 Å². The number of amides is 1. The zero-order valence-electron chi connectivity index (χ0n) is 9.77. The van der Waals surface area contributed by atoms with Crippen molar-refractivity contribution < 1.29 is 4.79 Å². The van der Waals surface area contributed by atoms with E-state index in [9.17, 15) is 4.79 Å². The Labute approximate surface area is 107 Å². The fourth-order valence-corrected chi connectivity index (χ4v) is 1.74. The summed E-state index contributed by atoms with van der Waals surface area (Å²) in [5.41, 5.74) is 0.663. The van der Waals surface area contributed by atoms with Gasteiger partial charge >= 0.3 is 0 Å². The van der Waals surface area contributed by atoms with E-state index in [0.29, 0.717) is 5.69 Å². The summed E-state index contributed by atoms with van der Waals surface area (Å²) in [4.78, 5) is 20.0. The molecule has 1 amide bonds. The molecule has 2 N–H and O–H groups in total. The van der Waals surface area contributed by atoms with Crippen molar-refractivity contribution in [2.75, 3.05) is 11.9 Å². The Morgan fingerprint density at radius 1 is 1.53 bits per heavy atom. The molecule has 2 rings (SSSR count). The minimum absolute atomic E-state index is 0. The number of halogens is 1. The van der Waals surface area contributed by atoms with Crippen LogP contribution in [0.4, 0.5) is 5.69 Å². The Morgan fingerprint density at radius 2 is 2.24 bits per heavy atom. The Kier molecular flexibility index (Phi) is 5.31. The van der Waals surface area contributed by atoms with E-state index in [2.05, 4.69) is 20.6 Å². The average Bonchev–Trinajstić information content (AvgIpc) is 2.83. The van der Waals surface area contributed by atoms with Crippen LogP contribution in [0.3, 0.4) is 0 Å². The molecule has 1 aromatic heterocycles. The standard InChI is InChI=1S/C11H16N4O.ClH/c1-2-10-13-6-8(7-14-10)15-11(16)9-4-3-5-12-9;/h6-7,9,12H,2-5H2,1H3,(H,15,16);1H. The van der Waals surface area contributed by atoms with Crippen LogP contribution in [0.25, 0.3) is 0 Å². The summed E-state index contributed by atoms with van der Waals surface area (Å²) in [6.45, 7) is 2.92. The summed E-state index contributed by atoms with van der Waals surface area (Å²) in [7, 11) is 0. The van der Waals surface area contributed by atoms with Crippen molar-refractivity contribution in [1.82, 2.24) is 15.3 Å². The van der Waals surface area contributed by atoms with E-state index >= 15 is 0 Å². The van der Waals surface area contributed by atoms with E-state index in [1.165, 1.54) is 0 Å². The fraction of sp³-hybridized carbons (Fsp3) is 0.545. The molecule has 0 bridgehead atoms. The topological polar surface area (TPSA) is 66.9 Å². The van der Waals surface area contributed by atoms with Crippen molar-refractivity contribution >= 4 is 24.0 Å². The monoisotopic (exact) mass is 256 g/mol. The Bertz CT molecular complexity index is 362. The second-order valence-electron chi connectivity index (χ2n) is 3.88. The summed E-state index contributed by atoms with van der Waals surface area (Å²) in [6, 6.07) is -0.0640. The molecule has 1 aliphatic heterocycles. The quantitative estimate of drug-likeness (QED) is 0.852. The van der Waals surface area contributed by atoms with Gasteiger partial charge in [-0.2, -0.15) is 0 Å². The molecule has 5 nitrogen and oxygen atoms in total. The molecule has 17 heavy (non-hydrogen) atoms. The molecule has 94 valence electrons. The van der Waals surface area contributed by atoms with Crippen molar-refractivity contribution in [1.29, 1.82) is 0 Å². The zero-order chi connectivity index (χ0) is 11.4. The van der Waals surface area contributed by atoms with E-state index in [1.807, 2.05) is 6.92 Å². The summed E-state index contributed by atoms with van der Waals surface area (Å²) in [5.74, 6) is 0.794. The van der Waals surface area contributed by atoms with Gasteiger partial charge in [0.2, 0.25) is 5.91 Å². The van der Waals surface area contributed by atoms with E-state index < -0.39 is 0 Å². The van der Waals surface area contributed by atoms with Crippen LogP contribution in [0, 0.1) is 0 Å². The number of rotatable bonds is 3. The molecule has 0 aromatic carbocycles. The lowest BCUT2D eigenvalue weighted by atomic mass is 10.2. The predicted octanol–water partition coefficient (Wildman–Crippen LogP) is 1.15. The molecule has 1 aromatic rings. The Morgan fingerprint density at radius 3 is 2.76 bits per heavy atom. The lowest BCUT2D eigenvalue weighted by molar-refractivity contribution is -0.117. The molecule has 0 aliphatic carbocycles. The summed E-state index contributed by atoms with van der Waals surface area (Å²) >= 11 is 0. The van der Waals surface area contributed by atoms with Crippen LogP contribution in [-0.2, 0) is 11.2 Å². The van der Waals surface area contributed by atoms with Gasteiger partial charge in [-0.3, -0.25) is 4.79 Å². The summed E-state index contributed by atoms with van der Waals surface area (Å²) in [5, 5.41) is 5.96. The molecule has 1 unspecified atom stereocenters. The molecule has 0 spiro atoms. The predicted molar refractivity (Wildman–Crippen MR) is 68.3 cm³/mol. The Hall–Kier alpha value is -1.20. The highest BCUT2D eigenvalue weighted by Gasteiger charge is 2.21. The molecule has 1 saturated heterocycles. The summed E-state index contributed by atoms with van der Waals surface area (Å²) in [6.07, 6.45) is 6.07. The van der Waals surface area contributed by atoms with Gasteiger partial charge in [0.1, 0.15) is 5.82 Å². The maximum Gasteiger partial charge on any atom is 0.241 e. The maximum atomic E-state index is 11.7. The molecule has 1 fully saturated rings. The van der Waals surface area contributed by atoms with Crippen LogP contribution < -0.4 is 10.6 Å². The van der Waals surface area contributed by atoms with E-state index in [4.69, 9.17) is 0 Å². The number of carbonyl (C=O) groups excluding carboxylic acids is 1. The van der Waals surface area contributed by atoms with Crippen LogP contribution in [-0.4, -0.2) is 28.5 Å². The highest BCUT2D eigenvalue weighted by Crippen LogP contribution is 2.09. The second-order valence-corrected chi connectivity index (χ2v) is 3.88. The molecule has 2 heterocycles. The third kappa shape index (κ3) is 3.64. The first-order chi connectivity index (χ1) is 7.79. The van der Waals surface area contributed by atoms with Crippen molar-refractivity contribution in [2.45, 2.75) is 32.2 Å². The summed E-state index contributed by atoms with van der Waals surface area (Å²) < 4.78 is 0. The SMILES string of the molecule is CCc1ncc(NC(=O)C2CCCN2)cn1.Cl. The van der Waals surface area contributed by atoms with Gasteiger partial charge in [-0.15, -0.1) is 12.4 Å². The van der Waals surface area contributed by atoms with Crippen LogP contribution in [0.5, 0.6) is 0 Å². The van der Waals surface area contributed by atoms with Gasteiger partial charge < -0.3 is 10.6 Å². The highest BCUT2D eigenvalue weighted by molar-refractivity contribution is 5.94. The van der Waals surface area contributed by atoms with E-state index in [0.717, 1.165) is 31.6 Å². The largest absolute Gasteiger partial charge is 0.322 e. The molecular weight excluding hydrogens is 240 g/mol. The van der Waals surface area contributed by atoms with E-state index in [-0.39, 0.29) is 24.4 Å². The number of aryl methyl sites for hydroxylation is 1. The second kappa shape index (κ2) is 6.51. The normalized spacial score (nSPS) is 18.5. The third-order valence-corrected chi connectivity index (χ3v) is 2.67. The maximum absolute atomic E-state index is 11.7. The minimum atomic E-state index is -0.0640. The van der Waals surface area contributed by atoms with Gasteiger partial charge in [0.15, 0.2) is 0 Å². The minimum Gasteiger partial charge on any atom is -0.322 e. The third-order valence-electron chi connectivity index (χ3n) is 2.67. The fourth-order valence-electron chi connectivity index (χ4n) is 1.74. The van der Waals surface area contributed by atoms with Crippen LogP contribution >= 0.6 is 12.4 Å².